The molecule has 1 N–H and O–H groups in total. The van der Waals surface area contributed by atoms with Crippen molar-refractivity contribution in [2.45, 2.75) is 39.2 Å². The van der Waals surface area contributed by atoms with Crippen molar-refractivity contribution in [1.29, 1.82) is 5.26 Å². The van der Waals surface area contributed by atoms with Crippen LogP contribution in [0, 0.1) is 24.2 Å². The average Bonchev–Trinajstić information content (AvgIpc) is 2.90. The van der Waals surface area contributed by atoms with E-state index in [4.69, 9.17) is 10.00 Å². The molecule has 1 aliphatic carbocycles. The van der Waals surface area contributed by atoms with Crippen LogP contribution in [0.1, 0.15) is 37.3 Å². The van der Waals surface area contributed by atoms with Gasteiger partial charge in [0.1, 0.15) is 0 Å². The van der Waals surface area contributed by atoms with E-state index >= 15 is 0 Å². The standard InChI is InChI=1S/C16H20N2O2/c1-3-20-16(19)13-5-6-14(9-13)18-15-7-4-12(10-17)8-11(15)2/h4,7-8,13-14,18H,3,5-6,9H2,1-2H3. The van der Waals surface area contributed by atoms with Crippen LogP contribution in [0.3, 0.4) is 0 Å². The molecule has 2 unspecified atom stereocenters. The molecule has 20 heavy (non-hydrogen) atoms. The lowest BCUT2D eigenvalue weighted by molar-refractivity contribution is -0.147. The number of benzene rings is 1. The summed E-state index contributed by atoms with van der Waals surface area (Å²) in [6, 6.07) is 8.06. The fourth-order valence-corrected chi connectivity index (χ4v) is 2.70. The van der Waals surface area contributed by atoms with E-state index in [1.165, 1.54) is 0 Å². The monoisotopic (exact) mass is 272 g/mol. The molecule has 106 valence electrons. The van der Waals surface area contributed by atoms with Gasteiger partial charge in [-0.2, -0.15) is 5.26 Å². The van der Waals surface area contributed by atoms with Crippen molar-refractivity contribution in [3.8, 4) is 6.07 Å². The number of carbonyl (C=O) groups is 1. The number of hydrogen-bond acceptors (Lipinski definition) is 4. The summed E-state index contributed by atoms with van der Waals surface area (Å²) in [7, 11) is 0. The molecular formula is C16H20N2O2. The van der Waals surface area contributed by atoms with Gasteiger partial charge in [0.05, 0.1) is 24.2 Å². The predicted molar refractivity (Wildman–Crippen MR) is 77.3 cm³/mol. The minimum atomic E-state index is -0.0756. The Morgan fingerprint density at radius 2 is 2.30 bits per heavy atom. The minimum absolute atomic E-state index is 0.0196. The van der Waals surface area contributed by atoms with Crippen molar-refractivity contribution in [1.82, 2.24) is 0 Å². The lowest BCUT2D eigenvalue weighted by Gasteiger charge is -2.16. The third-order valence-corrected chi connectivity index (χ3v) is 3.77. The van der Waals surface area contributed by atoms with Crippen molar-refractivity contribution in [3.05, 3.63) is 29.3 Å². The van der Waals surface area contributed by atoms with Gasteiger partial charge in [0, 0.05) is 11.7 Å². The lowest BCUT2D eigenvalue weighted by Crippen LogP contribution is -2.20. The molecule has 1 fully saturated rings. The van der Waals surface area contributed by atoms with Crippen LogP contribution in [0.5, 0.6) is 0 Å². The van der Waals surface area contributed by atoms with Crippen LogP contribution in [0.2, 0.25) is 0 Å². The number of ether oxygens (including phenoxy) is 1. The second kappa shape index (κ2) is 6.42. The Morgan fingerprint density at radius 3 is 2.95 bits per heavy atom. The van der Waals surface area contributed by atoms with E-state index in [0.29, 0.717) is 18.2 Å². The molecule has 0 amide bonds. The van der Waals surface area contributed by atoms with E-state index in [1.54, 1.807) is 0 Å². The number of aryl methyl sites for hydroxylation is 1. The average molecular weight is 272 g/mol. The van der Waals surface area contributed by atoms with Crippen molar-refractivity contribution in [2.24, 2.45) is 5.92 Å². The molecule has 0 bridgehead atoms. The maximum atomic E-state index is 11.7. The minimum Gasteiger partial charge on any atom is -0.466 e. The topological polar surface area (TPSA) is 62.1 Å². The van der Waals surface area contributed by atoms with Crippen LogP contribution in [0.15, 0.2) is 18.2 Å². The van der Waals surface area contributed by atoms with Crippen molar-refractivity contribution in [2.75, 3.05) is 11.9 Å². The first kappa shape index (κ1) is 14.4. The third-order valence-electron chi connectivity index (χ3n) is 3.77. The highest BCUT2D eigenvalue weighted by molar-refractivity contribution is 5.73. The summed E-state index contributed by atoms with van der Waals surface area (Å²) in [6.07, 6.45) is 2.67. The van der Waals surface area contributed by atoms with Gasteiger partial charge in [-0.3, -0.25) is 4.79 Å². The number of carbonyl (C=O) groups excluding carboxylic acids is 1. The Labute approximate surface area is 119 Å². The van der Waals surface area contributed by atoms with Gasteiger partial charge in [-0.15, -0.1) is 0 Å². The maximum absolute atomic E-state index is 11.7. The van der Waals surface area contributed by atoms with Crippen molar-refractivity contribution >= 4 is 11.7 Å². The predicted octanol–water partition coefficient (Wildman–Crippen LogP) is 3.01. The number of nitrogens with one attached hydrogen (secondary N) is 1. The third kappa shape index (κ3) is 3.30. The molecule has 2 atom stereocenters. The molecule has 0 aromatic heterocycles. The molecule has 1 aliphatic rings. The van der Waals surface area contributed by atoms with Crippen LogP contribution in [-0.4, -0.2) is 18.6 Å². The van der Waals surface area contributed by atoms with E-state index in [-0.39, 0.29) is 11.9 Å². The van der Waals surface area contributed by atoms with E-state index in [9.17, 15) is 4.79 Å². The first-order valence-electron chi connectivity index (χ1n) is 7.08. The molecule has 1 aromatic carbocycles. The number of hydrogen-bond donors (Lipinski definition) is 1. The fourth-order valence-electron chi connectivity index (χ4n) is 2.70. The second-order valence-corrected chi connectivity index (χ2v) is 5.24. The highest BCUT2D eigenvalue weighted by Crippen LogP contribution is 2.30. The molecule has 1 aromatic rings. The Morgan fingerprint density at radius 1 is 1.50 bits per heavy atom. The molecule has 0 heterocycles. The van der Waals surface area contributed by atoms with Gasteiger partial charge in [0.2, 0.25) is 0 Å². The van der Waals surface area contributed by atoms with Gasteiger partial charge in [0.15, 0.2) is 0 Å². The van der Waals surface area contributed by atoms with Crippen LogP contribution in [-0.2, 0) is 9.53 Å². The molecule has 0 spiro atoms. The van der Waals surface area contributed by atoms with Crippen molar-refractivity contribution < 1.29 is 9.53 Å². The molecule has 0 radical (unpaired) electrons. The first-order valence-corrected chi connectivity index (χ1v) is 7.08. The summed E-state index contributed by atoms with van der Waals surface area (Å²) < 4.78 is 5.08. The number of rotatable bonds is 4. The number of nitriles is 1. The van der Waals surface area contributed by atoms with E-state index in [1.807, 2.05) is 32.0 Å². The summed E-state index contributed by atoms with van der Waals surface area (Å²) >= 11 is 0. The van der Waals surface area contributed by atoms with Gasteiger partial charge < -0.3 is 10.1 Å². The second-order valence-electron chi connectivity index (χ2n) is 5.24. The molecule has 1 saturated carbocycles. The number of nitrogens with zero attached hydrogens (tertiary/aromatic N) is 1. The molecule has 4 nitrogen and oxygen atoms in total. The zero-order chi connectivity index (χ0) is 14.5. The van der Waals surface area contributed by atoms with Gasteiger partial charge in [-0.25, -0.2) is 0 Å². The van der Waals surface area contributed by atoms with Gasteiger partial charge in [-0.1, -0.05) is 0 Å². The van der Waals surface area contributed by atoms with Gasteiger partial charge in [-0.05, 0) is 56.9 Å². The van der Waals surface area contributed by atoms with E-state index in [2.05, 4.69) is 11.4 Å². The highest BCUT2D eigenvalue weighted by atomic mass is 16.5. The highest BCUT2D eigenvalue weighted by Gasteiger charge is 2.30. The Bertz CT molecular complexity index is 534. The Kier molecular flexibility index (Phi) is 4.62. The summed E-state index contributed by atoms with van der Waals surface area (Å²) in [5, 5.41) is 12.3. The largest absolute Gasteiger partial charge is 0.466 e. The summed E-state index contributed by atoms with van der Waals surface area (Å²) in [6.45, 7) is 4.27. The summed E-state index contributed by atoms with van der Waals surface area (Å²) in [5.41, 5.74) is 2.77. The summed E-state index contributed by atoms with van der Waals surface area (Å²) in [5.74, 6) is -0.0560. The summed E-state index contributed by atoms with van der Waals surface area (Å²) in [4.78, 5) is 11.7. The number of anilines is 1. The Hall–Kier alpha value is -2.02. The van der Waals surface area contributed by atoms with Crippen LogP contribution in [0.4, 0.5) is 5.69 Å². The Balaban J connectivity index is 1.95. The van der Waals surface area contributed by atoms with Gasteiger partial charge in [0.25, 0.3) is 0 Å². The van der Waals surface area contributed by atoms with Crippen LogP contribution >= 0.6 is 0 Å². The SMILES string of the molecule is CCOC(=O)C1CCC(Nc2ccc(C#N)cc2C)C1. The molecule has 4 heteroatoms. The first-order chi connectivity index (χ1) is 9.63. The number of esters is 1. The molecule has 0 saturated heterocycles. The lowest BCUT2D eigenvalue weighted by atomic mass is 10.1. The molecular weight excluding hydrogens is 252 g/mol. The maximum Gasteiger partial charge on any atom is 0.308 e. The quantitative estimate of drug-likeness (QED) is 0.856. The zero-order valence-corrected chi connectivity index (χ0v) is 12.0. The van der Waals surface area contributed by atoms with E-state index in [0.717, 1.165) is 30.5 Å². The van der Waals surface area contributed by atoms with E-state index < -0.39 is 0 Å². The fraction of sp³-hybridized carbons (Fsp3) is 0.500. The van der Waals surface area contributed by atoms with Crippen LogP contribution < -0.4 is 5.32 Å². The normalized spacial score (nSPS) is 21.2. The van der Waals surface area contributed by atoms with Gasteiger partial charge >= 0.3 is 5.97 Å². The van der Waals surface area contributed by atoms with Crippen LogP contribution in [0.25, 0.3) is 0 Å². The zero-order valence-electron chi connectivity index (χ0n) is 12.0. The van der Waals surface area contributed by atoms with Crippen molar-refractivity contribution in [3.63, 3.8) is 0 Å². The smallest absolute Gasteiger partial charge is 0.308 e. The molecule has 0 aliphatic heterocycles. The molecule has 2 rings (SSSR count).